The molecule has 1 saturated carbocycles. The van der Waals surface area contributed by atoms with Crippen LogP contribution in [0.25, 0.3) is 0 Å². The van der Waals surface area contributed by atoms with Gasteiger partial charge in [0.25, 0.3) is 5.91 Å². The third-order valence-electron chi connectivity index (χ3n) is 5.20. The lowest BCUT2D eigenvalue weighted by atomic mass is 10.1. The third-order valence-corrected chi connectivity index (χ3v) is 5.20. The number of hydrogen-bond donors (Lipinski definition) is 0. The monoisotopic (exact) mass is 368 g/mol. The number of amides is 1. The van der Waals surface area contributed by atoms with Gasteiger partial charge in [-0.05, 0) is 37.1 Å². The number of benzene rings is 1. The normalized spacial score (nSPS) is 17.0. The Labute approximate surface area is 158 Å². The van der Waals surface area contributed by atoms with Crippen LogP contribution in [0.5, 0.6) is 11.5 Å². The second-order valence-corrected chi connectivity index (χ2v) is 6.91. The zero-order valence-corrected chi connectivity index (χ0v) is 15.7. The summed E-state index contributed by atoms with van der Waals surface area (Å²) in [5, 5.41) is 8.74. The van der Waals surface area contributed by atoms with Gasteiger partial charge in [-0.2, -0.15) is 5.10 Å². The maximum Gasteiger partial charge on any atom is 0.261 e. The van der Waals surface area contributed by atoms with Gasteiger partial charge >= 0.3 is 0 Å². The Balaban J connectivity index is 1.44. The van der Waals surface area contributed by atoms with E-state index in [-0.39, 0.29) is 5.91 Å². The van der Waals surface area contributed by atoms with Gasteiger partial charge in [0.2, 0.25) is 0 Å². The Hall–Kier alpha value is -2.83. The van der Waals surface area contributed by atoms with Crippen molar-refractivity contribution in [2.75, 3.05) is 45.3 Å². The zero-order valence-electron chi connectivity index (χ0n) is 15.7. The second-order valence-electron chi connectivity index (χ2n) is 6.91. The number of carbonyl (C=O) groups excluding carboxylic acids is 1. The zero-order chi connectivity index (χ0) is 18.8. The number of methoxy groups -OCH3 is 2. The molecule has 2 fully saturated rings. The fourth-order valence-corrected chi connectivity index (χ4v) is 3.46. The fraction of sp³-hybridized carbons (Fsp3) is 0.450. The highest BCUT2D eigenvalue weighted by atomic mass is 16.5. The first-order valence-electron chi connectivity index (χ1n) is 9.30. The Morgan fingerprint density at radius 3 is 2.15 bits per heavy atom. The lowest BCUT2D eigenvalue weighted by Gasteiger charge is -2.35. The van der Waals surface area contributed by atoms with Crippen LogP contribution in [0, 0.1) is 0 Å². The van der Waals surface area contributed by atoms with Crippen molar-refractivity contribution in [3.63, 3.8) is 0 Å². The SMILES string of the molecule is COc1cccc(OC)c1C(=O)N1CCN(c2ccc(C3CC3)nn2)CC1. The van der Waals surface area contributed by atoms with Crippen molar-refractivity contribution >= 4 is 11.7 Å². The summed E-state index contributed by atoms with van der Waals surface area (Å²) in [5.74, 6) is 2.48. The average Bonchev–Trinajstić information content (AvgIpc) is 3.58. The molecule has 1 aromatic carbocycles. The Kier molecular flexibility index (Phi) is 4.83. The maximum atomic E-state index is 13.0. The van der Waals surface area contributed by atoms with Crippen LogP contribution in [0.1, 0.15) is 34.8 Å². The highest BCUT2D eigenvalue weighted by Crippen LogP contribution is 2.38. The van der Waals surface area contributed by atoms with Crippen LogP contribution in [0.15, 0.2) is 30.3 Å². The van der Waals surface area contributed by atoms with Crippen LogP contribution in [-0.2, 0) is 0 Å². The van der Waals surface area contributed by atoms with Gasteiger partial charge in [-0.3, -0.25) is 4.79 Å². The van der Waals surface area contributed by atoms with Gasteiger partial charge in [-0.25, -0.2) is 0 Å². The van der Waals surface area contributed by atoms with Gasteiger partial charge in [0.1, 0.15) is 17.1 Å². The number of ether oxygens (including phenoxy) is 2. The first-order chi connectivity index (χ1) is 13.2. The lowest BCUT2D eigenvalue weighted by Crippen LogP contribution is -2.49. The van der Waals surface area contributed by atoms with Crippen molar-refractivity contribution in [3.8, 4) is 11.5 Å². The molecule has 7 nitrogen and oxygen atoms in total. The first kappa shape index (κ1) is 17.6. The van der Waals surface area contributed by atoms with Gasteiger partial charge in [-0.15, -0.1) is 5.10 Å². The molecule has 27 heavy (non-hydrogen) atoms. The van der Waals surface area contributed by atoms with E-state index in [0.717, 1.165) is 24.6 Å². The summed E-state index contributed by atoms with van der Waals surface area (Å²) in [6, 6.07) is 9.50. The number of anilines is 1. The summed E-state index contributed by atoms with van der Waals surface area (Å²) >= 11 is 0. The van der Waals surface area contributed by atoms with Gasteiger partial charge < -0.3 is 19.3 Å². The maximum absolute atomic E-state index is 13.0. The average molecular weight is 368 g/mol. The fourth-order valence-electron chi connectivity index (χ4n) is 3.46. The van der Waals surface area contributed by atoms with Crippen molar-refractivity contribution in [3.05, 3.63) is 41.6 Å². The molecule has 1 aliphatic heterocycles. The largest absolute Gasteiger partial charge is 0.496 e. The lowest BCUT2D eigenvalue weighted by molar-refractivity contribution is 0.0739. The molecule has 0 unspecified atom stereocenters. The van der Waals surface area contributed by atoms with E-state index in [1.165, 1.54) is 12.8 Å². The molecular formula is C20H24N4O3. The van der Waals surface area contributed by atoms with Gasteiger partial charge in [0.05, 0.1) is 19.9 Å². The van der Waals surface area contributed by atoms with Crippen molar-refractivity contribution in [2.24, 2.45) is 0 Å². The summed E-state index contributed by atoms with van der Waals surface area (Å²) in [7, 11) is 3.13. The minimum atomic E-state index is -0.0703. The van der Waals surface area contributed by atoms with Crippen LogP contribution >= 0.6 is 0 Å². The molecule has 142 valence electrons. The van der Waals surface area contributed by atoms with E-state index in [1.807, 2.05) is 17.0 Å². The first-order valence-corrected chi connectivity index (χ1v) is 9.30. The smallest absolute Gasteiger partial charge is 0.261 e. The Morgan fingerprint density at radius 1 is 0.963 bits per heavy atom. The van der Waals surface area contributed by atoms with E-state index < -0.39 is 0 Å². The van der Waals surface area contributed by atoms with Crippen molar-refractivity contribution in [2.45, 2.75) is 18.8 Å². The quantitative estimate of drug-likeness (QED) is 0.807. The summed E-state index contributed by atoms with van der Waals surface area (Å²) in [6.45, 7) is 2.68. The highest BCUT2D eigenvalue weighted by Gasteiger charge is 2.28. The standard InChI is InChI=1S/C20H24N4O3/c1-26-16-4-3-5-17(27-2)19(16)20(25)24-12-10-23(11-13-24)18-9-8-15(21-22-18)14-6-7-14/h3-5,8-9,14H,6-7,10-13H2,1-2H3. The number of rotatable bonds is 5. The van der Waals surface area contributed by atoms with Crippen LogP contribution in [-0.4, -0.2) is 61.4 Å². The number of aromatic nitrogens is 2. The Morgan fingerprint density at radius 2 is 1.63 bits per heavy atom. The van der Waals surface area contributed by atoms with Gasteiger partial charge in [0, 0.05) is 32.1 Å². The number of hydrogen-bond acceptors (Lipinski definition) is 6. The predicted octanol–water partition coefficient (Wildman–Crippen LogP) is 2.33. The predicted molar refractivity (Wildman–Crippen MR) is 102 cm³/mol. The van der Waals surface area contributed by atoms with Crippen LogP contribution < -0.4 is 14.4 Å². The van der Waals surface area contributed by atoms with Gasteiger partial charge in [-0.1, -0.05) is 6.07 Å². The molecule has 0 atom stereocenters. The number of piperazine rings is 1. The topological polar surface area (TPSA) is 67.8 Å². The minimum absolute atomic E-state index is 0.0703. The van der Waals surface area contributed by atoms with Crippen LogP contribution in [0.4, 0.5) is 5.82 Å². The molecule has 2 heterocycles. The molecule has 2 aromatic rings. The second kappa shape index (κ2) is 7.42. The van der Waals surface area contributed by atoms with E-state index in [2.05, 4.69) is 21.2 Å². The van der Waals surface area contributed by atoms with Crippen molar-refractivity contribution in [1.29, 1.82) is 0 Å². The molecule has 0 N–H and O–H groups in total. The molecule has 7 heteroatoms. The molecule has 0 bridgehead atoms. The van der Waals surface area contributed by atoms with E-state index in [4.69, 9.17) is 9.47 Å². The molecule has 1 aliphatic carbocycles. The Bertz CT molecular complexity index is 790. The summed E-state index contributed by atoms with van der Waals surface area (Å²) in [4.78, 5) is 17.1. The van der Waals surface area contributed by atoms with E-state index in [1.54, 1.807) is 26.4 Å². The van der Waals surface area contributed by atoms with E-state index in [9.17, 15) is 4.79 Å². The highest BCUT2D eigenvalue weighted by molar-refractivity contribution is 5.99. The minimum Gasteiger partial charge on any atom is -0.496 e. The molecule has 1 aromatic heterocycles. The van der Waals surface area contributed by atoms with Crippen LogP contribution in [0.2, 0.25) is 0 Å². The summed E-state index contributed by atoms with van der Waals surface area (Å²) in [6.07, 6.45) is 2.45. The molecule has 4 rings (SSSR count). The van der Waals surface area contributed by atoms with Crippen molar-refractivity contribution in [1.82, 2.24) is 15.1 Å². The summed E-state index contributed by atoms with van der Waals surface area (Å²) < 4.78 is 10.7. The number of nitrogens with zero attached hydrogens (tertiary/aromatic N) is 4. The van der Waals surface area contributed by atoms with Crippen molar-refractivity contribution < 1.29 is 14.3 Å². The van der Waals surface area contributed by atoms with Gasteiger partial charge in [0.15, 0.2) is 5.82 Å². The molecule has 2 aliphatic rings. The molecule has 0 spiro atoms. The molecule has 0 radical (unpaired) electrons. The third kappa shape index (κ3) is 3.54. The molecular weight excluding hydrogens is 344 g/mol. The van der Waals surface area contributed by atoms with E-state index in [0.29, 0.717) is 36.1 Å². The molecule has 1 saturated heterocycles. The van der Waals surface area contributed by atoms with E-state index >= 15 is 0 Å². The van der Waals surface area contributed by atoms with Crippen LogP contribution in [0.3, 0.4) is 0 Å². The number of carbonyl (C=O) groups is 1. The summed E-state index contributed by atoms with van der Waals surface area (Å²) in [5.41, 5.74) is 1.57. The molecule has 1 amide bonds.